The minimum Gasteiger partial charge on any atom is -0.371 e. The first kappa shape index (κ1) is 23.9. The summed E-state index contributed by atoms with van der Waals surface area (Å²) in [6.07, 6.45) is 0.524. The van der Waals surface area contributed by atoms with E-state index in [0.717, 1.165) is 63.7 Å². The first-order valence-corrected chi connectivity index (χ1v) is 11.8. The maximum atomic E-state index is 13.2. The maximum Gasteiger partial charge on any atom is 0.402 e. The van der Waals surface area contributed by atoms with Gasteiger partial charge in [-0.3, -0.25) is 9.59 Å². The van der Waals surface area contributed by atoms with Gasteiger partial charge in [0, 0.05) is 38.1 Å². The molecule has 0 saturated carbocycles. The number of hydrogen-bond donors (Lipinski definition) is 1. The highest BCUT2D eigenvalue weighted by Gasteiger charge is 2.54. The SMILES string of the molecule is CC(C)(C(=O)N1CCC(C2CCN(c3cc(Cl)c4c(=O)[nH]ccc4c3)CC2)CC1)C(F)(F)F. The summed E-state index contributed by atoms with van der Waals surface area (Å²) in [5.74, 6) is 0.0899. The van der Waals surface area contributed by atoms with Gasteiger partial charge in [-0.25, -0.2) is 0 Å². The fourth-order valence-electron chi connectivity index (χ4n) is 5.17. The molecular formula is C24H29ClF3N3O2. The van der Waals surface area contributed by atoms with Gasteiger partial charge in [-0.15, -0.1) is 0 Å². The molecule has 5 nitrogen and oxygen atoms in total. The van der Waals surface area contributed by atoms with Crippen LogP contribution >= 0.6 is 11.6 Å². The van der Waals surface area contributed by atoms with E-state index in [0.29, 0.717) is 35.3 Å². The summed E-state index contributed by atoms with van der Waals surface area (Å²) in [6, 6.07) is 5.67. The van der Waals surface area contributed by atoms with Crippen molar-refractivity contribution in [2.24, 2.45) is 17.3 Å². The van der Waals surface area contributed by atoms with Crippen molar-refractivity contribution in [2.75, 3.05) is 31.1 Å². The number of carbonyl (C=O) groups excluding carboxylic acids is 1. The Kier molecular flexibility index (Phi) is 6.42. The molecule has 4 rings (SSSR count). The lowest BCUT2D eigenvalue weighted by Gasteiger charge is -2.42. The molecule has 2 aliphatic heterocycles. The number of anilines is 1. The second-order valence-electron chi connectivity index (χ2n) is 9.78. The molecule has 33 heavy (non-hydrogen) atoms. The number of benzene rings is 1. The van der Waals surface area contributed by atoms with Crippen molar-refractivity contribution in [3.05, 3.63) is 39.8 Å². The van der Waals surface area contributed by atoms with Gasteiger partial charge in [0.15, 0.2) is 0 Å². The van der Waals surface area contributed by atoms with Crippen molar-refractivity contribution in [3.63, 3.8) is 0 Å². The number of alkyl halides is 3. The molecule has 9 heteroatoms. The van der Waals surface area contributed by atoms with Crippen molar-refractivity contribution >= 4 is 34.0 Å². The standard InChI is InChI=1S/C24H29ClF3N3O2/c1-23(2,24(26,27)28)22(33)31-11-6-16(7-12-31)15-4-9-30(10-5-15)18-13-17-3-8-29-21(32)20(17)19(25)14-18/h3,8,13-16H,4-7,9-12H2,1-2H3,(H,29,32). The fraction of sp³-hybridized carbons (Fsp3) is 0.583. The topological polar surface area (TPSA) is 56.4 Å². The Morgan fingerprint density at radius 2 is 1.61 bits per heavy atom. The quantitative estimate of drug-likeness (QED) is 0.650. The van der Waals surface area contributed by atoms with Gasteiger partial charge < -0.3 is 14.8 Å². The van der Waals surface area contributed by atoms with Crippen LogP contribution in [0.25, 0.3) is 10.8 Å². The summed E-state index contributed by atoms with van der Waals surface area (Å²) in [5.41, 5.74) is -1.56. The third kappa shape index (κ3) is 4.59. The third-order valence-corrected chi connectivity index (χ3v) is 7.75. The summed E-state index contributed by atoms with van der Waals surface area (Å²) < 4.78 is 39.7. The van der Waals surface area contributed by atoms with Gasteiger partial charge >= 0.3 is 6.18 Å². The fourth-order valence-corrected chi connectivity index (χ4v) is 5.47. The molecule has 180 valence electrons. The van der Waals surface area contributed by atoms with Crippen molar-refractivity contribution in [1.29, 1.82) is 0 Å². The molecule has 2 aliphatic rings. The second kappa shape index (κ2) is 8.85. The van der Waals surface area contributed by atoms with E-state index in [1.54, 1.807) is 6.20 Å². The Bertz CT molecular complexity index is 1080. The van der Waals surface area contributed by atoms with E-state index in [1.807, 2.05) is 18.2 Å². The van der Waals surface area contributed by atoms with E-state index in [4.69, 9.17) is 11.6 Å². The minimum atomic E-state index is -4.55. The van der Waals surface area contributed by atoms with E-state index in [9.17, 15) is 22.8 Å². The Hall–Kier alpha value is -2.22. The van der Waals surface area contributed by atoms with E-state index >= 15 is 0 Å². The molecule has 1 aromatic carbocycles. The summed E-state index contributed by atoms with van der Waals surface area (Å²) in [6.45, 7) is 4.42. The molecule has 1 aromatic heterocycles. The zero-order chi connectivity index (χ0) is 24.0. The van der Waals surface area contributed by atoms with E-state index < -0.39 is 17.5 Å². The van der Waals surface area contributed by atoms with E-state index in [2.05, 4.69) is 9.88 Å². The Labute approximate surface area is 195 Å². The molecule has 0 unspecified atom stereocenters. The molecule has 1 amide bonds. The molecule has 0 radical (unpaired) electrons. The van der Waals surface area contributed by atoms with Gasteiger partial charge in [0.2, 0.25) is 5.91 Å². The van der Waals surface area contributed by atoms with Gasteiger partial charge in [-0.1, -0.05) is 11.6 Å². The van der Waals surface area contributed by atoms with Gasteiger partial charge in [-0.2, -0.15) is 13.2 Å². The van der Waals surface area contributed by atoms with Crippen molar-refractivity contribution in [3.8, 4) is 0 Å². The number of piperidine rings is 2. The van der Waals surface area contributed by atoms with Crippen LogP contribution in [0.5, 0.6) is 0 Å². The number of pyridine rings is 1. The highest BCUT2D eigenvalue weighted by molar-refractivity contribution is 6.35. The van der Waals surface area contributed by atoms with E-state index in [-0.39, 0.29) is 5.56 Å². The number of aromatic amines is 1. The summed E-state index contributed by atoms with van der Waals surface area (Å²) in [7, 11) is 0. The van der Waals surface area contributed by atoms with Gasteiger partial charge in [0.25, 0.3) is 5.56 Å². The number of halogens is 4. The van der Waals surface area contributed by atoms with Gasteiger partial charge in [-0.05, 0) is 75.0 Å². The monoisotopic (exact) mass is 483 g/mol. The molecule has 3 heterocycles. The predicted molar refractivity (Wildman–Crippen MR) is 124 cm³/mol. The lowest BCUT2D eigenvalue weighted by Crippen LogP contribution is -2.51. The van der Waals surface area contributed by atoms with Crippen LogP contribution in [0.15, 0.2) is 29.2 Å². The average Bonchev–Trinajstić information content (AvgIpc) is 2.78. The van der Waals surface area contributed by atoms with Crippen LogP contribution in [-0.2, 0) is 4.79 Å². The zero-order valence-electron chi connectivity index (χ0n) is 18.8. The van der Waals surface area contributed by atoms with Crippen LogP contribution < -0.4 is 10.5 Å². The lowest BCUT2D eigenvalue weighted by atomic mass is 9.78. The minimum absolute atomic E-state index is 0.203. The maximum absolute atomic E-state index is 13.2. The number of H-pyrrole nitrogens is 1. The average molecular weight is 484 g/mol. The third-order valence-electron chi connectivity index (χ3n) is 7.45. The van der Waals surface area contributed by atoms with Crippen molar-refractivity contribution < 1.29 is 18.0 Å². The van der Waals surface area contributed by atoms with Crippen LogP contribution in [0.1, 0.15) is 39.5 Å². The van der Waals surface area contributed by atoms with Crippen molar-refractivity contribution in [1.82, 2.24) is 9.88 Å². The molecule has 2 fully saturated rings. The Balaban J connectivity index is 1.35. The molecule has 0 bridgehead atoms. The molecule has 0 atom stereocenters. The normalized spacial score (nSPS) is 19.3. The van der Waals surface area contributed by atoms with Crippen LogP contribution in [-0.4, -0.2) is 48.1 Å². The number of carbonyl (C=O) groups is 1. The Morgan fingerprint density at radius 3 is 2.18 bits per heavy atom. The molecule has 2 saturated heterocycles. The highest BCUT2D eigenvalue weighted by Crippen LogP contribution is 2.41. The summed E-state index contributed by atoms with van der Waals surface area (Å²) >= 11 is 6.39. The second-order valence-corrected chi connectivity index (χ2v) is 10.2. The lowest BCUT2D eigenvalue weighted by molar-refractivity contribution is -0.217. The van der Waals surface area contributed by atoms with Gasteiger partial charge in [0.05, 0.1) is 10.4 Å². The van der Waals surface area contributed by atoms with Crippen molar-refractivity contribution in [2.45, 2.75) is 45.7 Å². The largest absolute Gasteiger partial charge is 0.402 e. The van der Waals surface area contributed by atoms with Gasteiger partial charge in [0.1, 0.15) is 5.41 Å². The molecule has 0 spiro atoms. The molecule has 0 aliphatic carbocycles. The number of likely N-dealkylation sites (tertiary alicyclic amines) is 1. The number of nitrogens with zero attached hydrogens (tertiary/aromatic N) is 2. The Morgan fingerprint density at radius 1 is 1.03 bits per heavy atom. The molecule has 1 N–H and O–H groups in total. The van der Waals surface area contributed by atoms with Crippen LogP contribution in [0.2, 0.25) is 5.02 Å². The number of fused-ring (bicyclic) bond motifs is 1. The predicted octanol–water partition coefficient (Wildman–Crippen LogP) is 5.23. The van der Waals surface area contributed by atoms with E-state index in [1.165, 1.54) is 4.90 Å². The van der Waals surface area contributed by atoms with Crippen LogP contribution in [0.3, 0.4) is 0 Å². The number of nitrogens with one attached hydrogen (secondary N) is 1. The zero-order valence-corrected chi connectivity index (χ0v) is 19.6. The number of rotatable bonds is 3. The van der Waals surface area contributed by atoms with Crippen LogP contribution in [0, 0.1) is 17.3 Å². The molecule has 2 aromatic rings. The number of amides is 1. The number of hydrogen-bond acceptors (Lipinski definition) is 3. The molecular weight excluding hydrogens is 455 g/mol. The van der Waals surface area contributed by atoms with Crippen LogP contribution in [0.4, 0.5) is 18.9 Å². The first-order valence-electron chi connectivity index (χ1n) is 11.4. The number of aromatic nitrogens is 1. The first-order chi connectivity index (χ1) is 15.5. The summed E-state index contributed by atoms with van der Waals surface area (Å²) in [4.78, 5) is 30.8. The smallest absolute Gasteiger partial charge is 0.371 e. The summed E-state index contributed by atoms with van der Waals surface area (Å²) in [5, 5.41) is 1.74. The highest BCUT2D eigenvalue weighted by atomic mass is 35.5.